The molecule has 1 aliphatic carbocycles. The second-order valence-electron chi connectivity index (χ2n) is 6.81. The molecule has 1 atom stereocenters. The molecule has 3 rings (SSSR count). The Morgan fingerprint density at radius 1 is 1.21 bits per heavy atom. The fourth-order valence-corrected chi connectivity index (χ4v) is 3.68. The topological polar surface area (TPSA) is 56.7 Å². The van der Waals surface area contributed by atoms with Gasteiger partial charge in [0.1, 0.15) is 0 Å². The molecule has 1 saturated carbocycles. The lowest BCUT2D eigenvalue weighted by molar-refractivity contribution is -0.134. The third-order valence-electron chi connectivity index (χ3n) is 5.07. The molecule has 5 heteroatoms. The molecule has 0 radical (unpaired) electrons. The van der Waals surface area contributed by atoms with Crippen LogP contribution < -0.4 is 10.6 Å². The number of aliphatic imine (C=N–C) groups is 1. The van der Waals surface area contributed by atoms with Crippen molar-refractivity contribution in [2.75, 3.05) is 20.1 Å². The third kappa shape index (κ3) is 4.28. The van der Waals surface area contributed by atoms with Crippen LogP contribution in [0, 0.1) is 5.92 Å². The van der Waals surface area contributed by atoms with E-state index in [2.05, 4.69) is 27.8 Å². The Labute approximate surface area is 144 Å². The van der Waals surface area contributed by atoms with Crippen molar-refractivity contribution in [3.63, 3.8) is 0 Å². The largest absolute Gasteiger partial charge is 0.352 e. The standard InChI is InChI=1S/C19H28N4O/c1-20-19(21-13-15-7-3-2-4-8-15)22-17-11-12-23(14-17)18(24)16-9-5-6-10-16/h2-4,7-8,16-17H,5-6,9-14H2,1H3,(H2,20,21,22). The molecule has 0 spiro atoms. The summed E-state index contributed by atoms with van der Waals surface area (Å²) in [6.07, 6.45) is 5.57. The number of rotatable bonds is 4. The van der Waals surface area contributed by atoms with E-state index in [-0.39, 0.29) is 12.0 Å². The van der Waals surface area contributed by atoms with Crippen molar-refractivity contribution in [2.24, 2.45) is 10.9 Å². The number of hydrogen-bond donors (Lipinski definition) is 2. The summed E-state index contributed by atoms with van der Waals surface area (Å²) < 4.78 is 0. The third-order valence-corrected chi connectivity index (χ3v) is 5.07. The maximum Gasteiger partial charge on any atom is 0.225 e. The number of carbonyl (C=O) groups excluding carboxylic acids is 1. The summed E-state index contributed by atoms with van der Waals surface area (Å²) in [6.45, 7) is 2.40. The highest BCUT2D eigenvalue weighted by Crippen LogP contribution is 2.27. The van der Waals surface area contributed by atoms with Gasteiger partial charge in [0, 0.05) is 38.6 Å². The first-order valence-electron chi connectivity index (χ1n) is 9.06. The van der Waals surface area contributed by atoms with Crippen molar-refractivity contribution in [3.05, 3.63) is 35.9 Å². The Kier molecular flexibility index (Phi) is 5.72. The number of carbonyl (C=O) groups is 1. The minimum Gasteiger partial charge on any atom is -0.352 e. The molecule has 2 aliphatic rings. The summed E-state index contributed by atoms with van der Waals surface area (Å²) in [4.78, 5) is 18.9. The van der Waals surface area contributed by atoms with E-state index >= 15 is 0 Å². The van der Waals surface area contributed by atoms with Gasteiger partial charge in [-0.15, -0.1) is 0 Å². The predicted molar refractivity (Wildman–Crippen MR) is 96.7 cm³/mol. The lowest BCUT2D eigenvalue weighted by Gasteiger charge is -2.21. The fourth-order valence-electron chi connectivity index (χ4n) is 3.68. The molecule has 24 heavy (non-hydrogen) atoms. The predicted octanol–water partition coefficient (Wildman–Crippen LogP) is 2.14. The average Bonchev–Trinajstić information content (AvgIpc) is 3.31. The molecule has 1 aliphatic heterocycles. The van der Waals surface area contributed by atoms with Gasteiger partial charge in [0.2, 0.25) is 5.91 Å². The van der Waals surface area contributed by atoms with Crippen molar-refractivity contribution in [1.29, 1.82) is 0 Å². The second-order valence-corrected chi connectivity index (χ2v) is 6.81. The summed E-state index contributed by atoms with van der Waals surface area (Å²) in [5, 5.41) is 6.80. The monoisotopic (exact) mass is 328 g/mol. The first kappa shape index (κ1) is 16.8. The quantitative estimate of drug-likeness (QED) is 0.658. The number of guanidine groups is 1. The highest BCUT2D eigenvalue weighted by molar-refractivity contribution is 5.81. The van der Waals surface area contributed by atoms with Gasteiger partial charge in [0.25, 0.3) is 0 Å². The van der Waals surface area contributed by atoms with E-state index < -0.39 is 0 Å². The normalized spacial score (nSPS) is 22.0. The minimum atomic E-state index is 0.277. The van der Waals surface area contributed by atoms with Crippen LogP contribution in [0.2, 0.25) is 0 Å². The van der Waals surface area contributed by atoms with E-state index in [0.717, 1.165) is 44.9 Å². The molecule has 0 aromatic heterocycles. The molecule has 130 valence electrons. The maximum atomic E-state index is 12.5. The minimum absolute atomic E-state index is 0.277. The molecule has 1 unspecified atom stereocenters. The van der Waals surface area contributed by atoms with Crippen molar-refractivity contribution in [1.82, 2.24) is 15.5 Å². The zero-order valence-corrected chi connectivity index (χ0v) is 14.5. The number of amides is 1. The number of benzene rings is 1. The highest BCUT2D eigenvalue weighted by atomic mass is 16.2. The van der Waals surface area contributed by atoms with Crippen LogP contribution in [-0.2, 0) is 11.3 Å². The number of likely N-dealkylation sites (tertiary alicyclic amines) is 1. The van der Waals surface area contributed by atoms with Crippen LogP contribution in [0.1, 0.15) is 37.7 Å². The van der Waals surface area contributed by atoms with Gasteiger partial charge in [0.05, 0.1) is 0 Å². The second kappa shape index (κ2) is 8.18. The van der Waals surface area contributed by atoms with Gasteiger partial charge in [-0.05, 0) is 24.8 Å². The number of hydrogen-bond acceptors (Lipinski definition) is 2. The molecular weight excluding hydrogens is 300 g/mol. The summed E-state index contributed by atoms with van der Waals surface area (Å²) in [7, 11) is 1.79. The van der Waals surface area contributed by atoms with E-state index in [4.69, 9.17) is 0 Å². The molecular formula is C19H28N4O. The van der Waals surface area contributed by atoms with Crippen molar-refractivity contribution < 1.29 is 4.79 Å². The van der Waals surface area contributed by atoms with Gasteiger partial charge < -0.3 is 15.5 Å². The van der Waals surface area contributed by atoms with Crippen LogP contribution in [0.15, 0.2) is 35.3 Å². The Morgan fingerprint density at radius 2 is 1.96 bits per heavy atom. The molecule has 5 nitrogen and oxygen atoms in total. The SMILES string of the molecule is CN=C(NCc1ccccc1)NC1CCN(C(=O)C2CCCC2)C1. The summed E-state index contributed by atoms with van der Waals surface area (Å²) in [6, 6.07) is 10.6. The first-order chi connectivity index (χ1) is 11.8. The van der Waals surface area contributed by atoms with E-state index in [0.29, 0.717) is 5.91 Å². The van der Waals surface area contributed by atoms with Crippen LogP contribution in [0.4, 0.5) is 0 Å². The maximum absolute atomic E-state index is 12.5. The van der Waals surface area contributed by atoms with Crippen LogP contribution in [0.3, 0.4) is 0 Å². The molecule has 1 aromatic rings. The van der Waals surface area contributed by atoms with Crippen molar-refractivity contribution in [3.8, 4) is 0 Å². The van der Waals surface area contributed by atoms with E-state index in [1.165, 1.54) is 18.4 Å². The molecule has 1 heterocycles. The van der Waals surface area contributed by atoms with Gasteiger partial charge in [0.15, 0.2) is 5.96 Å². The van der Waals surface area contributed by atoms with Crippen LogP contribution in [0.5, 0.6) is 0 Å². The molecule has 0 bridgehead atoms. The van der Waals surface area contributed by atoms with Crippen molar-refractivity contribution in [2.45, 2.75) is 44.7 Å². The van der Waals surface area contributed by atoms with Crippen LogP contribution in [0.25, 0.3) is 0 Å². The van der Waals surface area contributed by atoms with Gasteiger partial charge in [-0.25, -0.2) is 0 Å². The lowest BCUT2D eigenvalue weighted by atomic mass is 10.1. The van der Waals surface area contributed by atoms with Crippen LogP contribution in [-0.4, -0.2) is 42.9 Å². The smallest absolute Gasteiger partial charge is 0.225 e. The van der Waals surface area contributed by atoms with E-state index in [1.54, 1.807) is 7.05 Å². The number of nitrogens with zero attached hydrogens (tertiary/aromatic N) is 2. The number of nitrogens with one attached hydrogen (secondary N) is 2. The average molecular weight is 328 g/mol. The van der Waals surface area contributed by atoms with Gasteiger partial charge >= 0.3 is 0 Å². The van der Waals surface area contributed by atoms with Crippen molar-refractivity contribution >= 4 is 11.9 Å². The van der Waals surface area contributed by atoms with Gasteiger partial charge in [-0.3, -0.25) is 9.79 Å². The molecule has 1 saturated heterocycles. The molecule has 2 fully saturated rings. The zero-order chi connectivity index (χ0) is 16.8. The Hall–Kier alpha value is -2.04. The summed E-state index contributed by atoms with van der Waals surface area (Å²) in [5.41, 5.74) is 1.23. The molecule has 1 aromatic carbocycles. The summed E-state index contributed by atoms with van der Waals surface area (Å²) >= 11 is 0. The molecule has 2 N–H and O–H groups in total. The van der Waals surface area contributed by atoms with E-state index in [9.17, 15) is 4.79 Å². The zero-order valence-electron chi connectivity index (χ0n) is 14.5. The van der Waals surface area contributed by atoms with Crippen LogP contribution >= 0.6 is 0 Å². The van der Waals surface area contributed by atoms with Gasteiger partial charge in [-0.1, -0.05) is 43.2 Å². The van der Waals surface area contributed by atoms with E-state index in [1.807, 2.05) is 23.1 Å². The Morgan fingerprint density at radius 3 is 2.67 bits per heavy atom. The first-order valence-corrected chi connectivity index (χ1v) is 9.06. The fraction of sp³-hybridized carbons (Fsp3) is 0.579. The highest BCUT2D eigenvalue weighted by Gasteiger charge is 2.32. The molecule has 1 amide bonds. The Balaban J connectivity index is 1.46. The summed E-state index contributed by atoms with van der Waals surface area (Å²) in [5.74, 6) is 1.45. The lowest BCUT2D eigenvalue weighted by Crippen LogP contribution is -2.45. The Bertz CT molecular complexity index is 566. The van der Waals surface area contributed by atoms with Gasteiger partial charge in [-0.2, -0.15) is 0 Å².